The Morgan fingerprint density at radius 1 is 1.35 bits per heavy atom. The highest BCUT2D eigenvalue weighted by Gasteiger charge is 2.11. The number of carbonyl (C=O) groups is 1. The number of anilines is 1. The van der Waals surface area contributed by atoms with Crippen molar-refractivity contribution in [3.63, 3.8) is 0 Å². The van der Waals surface area contributed by atoms with Gasteiger partial charge in [-0.2, -0.15) is 0 Å². The normalized spacial score (nSPS) is 12.2. The quantitative estimate of drug-likeness (QED) is 0.717. The Bertz CT molecular complexity index is 458. The number of aryl methyl sites for hydroxylation is 1. The second-order valence-corrected chi connectivity index (χ2v) is 5.34. The van der Waals surface area contributed by atoms with Crippen LogP contribution in [0.15, 0.2) is 12.1 Å². The maximum absolute atomic E-state index is 12.0. The first-order valence-corrected chi connectivity index (χ1v) is 7.28. The van der Waals surface area contributed by atoms with Gasteiger partial charge in [-0.15, -0.1) is 0 Å². The molecule has 0 radical (unpaired) electrons. The van der Waals surface area contributed by atoms with E-state index in [-0.39, 0.29) is 11.7 Å². The van der Waals surface area contributed by atoms with Crippen molar-refractivity contribution in [3.8, 4) is 5.75 Å². The number of benzene rings is 1. The number of phenolic OH excluding ortho intramolecular Hbond substituents is 1. The molecule has 1 rings (SSSR count). The van der Waals surface area contributed by atoms with Crippen LogP contribution in [0.4, 0.5) is 5.69 Å². The highest BCUT2D eigenvalue weighted by molar-refractivity contribution is 5.91. The first-order valence-electron chi connectivity index (χ1n) is 7.28. The van der Waals surface area contributed by atoms with Gasteiger partial charge in [0.05, 0.1) is 0 Å². The summed E-state index contributed by atoms with van der Waals surface area (Å²) in [5.74, 6) is 0.752. The van der Waals surface area contributed by atoms with E-state index in [2.05, 4.69) is 12.2 Å². The molecule has 4 N–H and O–H groups in total. The lowest BCUT2D eigenvalue weighted by molar-refractivity contribution is -0.116. The first kappa shape index (κ1) is 16.5. The molecule has 1 unspecified atom stereocenters. The van der Waals surface area contributed by atoms with Gasteiger partial charge in [0.1, 0.15) is 5.75 Å². The van der Waals surface area contributed by atoms with E-state index in [9.17, 15) is 9.90 Å². The van der Waals surface area contributed by atoms with Crippen LogP contribution in [0.2, 0.25) is 0 Å². The summed E-state index contributed by atoms with van der Waals surface area (Å²) in [5, 5.41) is 12.7. The maximum atomic E-state index is 12.0. The molecule has 1 atom stereocenters. The third kappa shape index (κ3) is 4.53. The molecule has 0 saturated carbocycles. The Morgan fingerprint density at radius 3 is 2.65 bits per heavy atom. The third-order valence-corrected chi connectivity index (χ3v) is 3.84. The topological polar surface area (TPSA) is 75.4 Å². The molecule has 0 aliphatic rings. The smallest absolute Gasteiger partial charge is 0.224 e. The Morgan fingerprint density at radius 2 is 2.05 bits per heavy atom. The summed E-state index contributed by atoms with van der Waals surface area (Å²) in [7, 11) is 0. The number of amides is 1. The van der Waals surface area contributed by atoms with Crippen LogP contribution in [0.5, 0.6) is 5.75 Å². The Hall–Kier alpha value is -1.55. The maximum Gasteiger partial charge on any atom is 0.224 e. The summed E-state index contributed by atoms with van der Waals surface area (Å²) in [6, 6.07) is 3.64. The molecule has 112 valence electrons. The van der Waals surface area contributed by atoms with E-state index in [4.69, 9.17) is 5.73 Å². The van der Waals surface area contributed by atoms with Crippen LogP contribution in [-0.2, 0) is 4.79 Å². The fraction of sp³-hybridized carbons (Fsp3) is 0.562. The zero-order chi connectivity index (χ0) is 15.1. The number of hydrogen-bond donors (Lipinski definition) is 3. The molecule has 0 aliphatic carbocycles. The van der Waals surface area contributed by atoms with Gasteiger partial charge in [-0.1, -0.05) is 19.4 Å². The summed E-state index contributed by atoms with van der Waals surface area (Å²) in [4.78, 5) is 12.0. The largest absolute Gasteiger partial charge is 0.507 e. The minimum Gasteiger partial charge on any atom is -0.507 e. The number of nitrogens with one attached hydrogen (secondary N) is 1. The number of carbonyl (C=O) groups excluding carboxylic acids is 1. The van der Waals surface area contributed by atoms with Crippen LogP contribution in [-0.4, -0.2) is 17.6 Å². The van der Waals surface area contributed by atoms with Gasteiger partial charge in [0.15, 0.2) is 0 Å². The van der Waals surface area contributed by atoms with Crippen molar-refractivity contribution in [2.24, 2.45) is 11.7 Å². The number of phenols is 1. The number of hydrogen-bond acceptors (Lipinski definition) is 3. The minimum absolute atomic E-state index is 0.00757. The van der Waals surface area contributed by atoms with Gasteiger partial charge < -0.3 is 16.2 Å². The molecule has 0 heterocycles. The third-order valence-electron chi connectivity index (χ3n) is 3.84. The van der Waals surface area contributed by atoms with Gasteiger partial charge in [-0.3, -0.25) is 4.79 Å². The van der Waals surface area contributed by atoms with Crippen molar-refractivity contribution in [2.75, 3.05) is 11.9 Å². The predicted octanol–water partition coefficient (Wildman–Crippen LogP) is 3.10. The average Bonchev–Trinajstić information content (AvgIpc) is 2.44. The molecule has 1 aromatic carbocycles. The van der Waals surface area contributed by atoms with E-state index >= 15 is 0 Å². The Labute approximate surface area is 121 Å². The van der Waals surface area contributed by atoms with E-state index in [1.807, 2.05) is 13.0 Å². The first-order chi connectivity index (χ1) is 9.49. The molecule has 4 nitrogen and oxygen atoms in total. The van der Waals surface area contributed by atoms with Gasteiger partial charge >= 0.3 is 0 Å². The Balaban J connectivity index is 2.57. The van der Waals surface area contributed by atoms with Crippen LogP contribution in [0.25, 0.3) is 0 Å². The van der Waals surface area contributed by atoms with Gasteiger partial charge in [0.2, 0.25) is 5.91 Å². The van der Waals surface area contributed by atoms with Gasteiger partial charge in [-0.05, 0) is 50.8 Å². The molecule has 1 amide bonds. The Kier molecular flexibility index (Phi) is 6.52. The van der Waals surface area contributed by atoms with Gasteiger partial charge in [0, 0.05) is 17.7 Å². The number of aromatic hydroxyl groups is 1. The van der Waals surface area contributed by atoms with Gasteiger partial charge in [0.25, 0.3) is 0 Å². The summed E-state index contributed by atoms with van der Waals surface area (Å²) in [5.41, 5.74) is 7.77. The molecular formula is C16H26N2O2. The average molecular weight is 278 g/mol. The van der Waals surface area contributed by atoms with Crippen molar-refractivity contribution < 1.29 is 9.90 Å². The lowest BCUT2D eigenvalue weighted by atomic mass is 9.96. The summed E-state index contributed by atoms with van der Waals surface area (Å²) in [6.07, 6.45) is 3.37. The molecule has 0 bridgehead atoms. The van der Waals surface area contributed by atoms with Crippen LogP contribution in [0.1, 0.15) is 43.7 Å². The van der Waals surface area contributed by atoms with E-state index < -0.39 is 0 Å². The molecular weight excluding hydrogens is 252 g/mol. The minimum atomic E-state index is -0.00757. The second-order valence-electron chi connectivity index (χ2n) is 5.34. The summed E-state index contributed by atoms with van der Waals surface area (Å²) >= 11 is 0. The number of rotatable bonds is 7. The van der Waals surface area contributed by atoms with Crippen LogP contribution < -0.4 is 11.1 Å². The van der Waals surface area contributed by atoms with Crippen LogP contribution >= 0.6 is 0 Å². The lowest BCUT2D eigenvalue weighted by Gasteiger charge is -2.14. The fourth-order valence-corrected chi connectivity index (χ4v) is 2.31. The van der Waals surface area contributed by atoms with E-state index in [0.717, 1.165) is 24.8 Å². The zero-order valence-corrected chi connectivity index (χ0v) is 12.7. The molecule has 1 aromatic rings. The van der Waals surface area contributed by atoms with Crippen molar-refractivity contribution in [1.82, 2.24) is 0 Å². The van der Waals surface area contributed by atoms with E-state index in [1.165, 1.54) is 0 Å². The SMILES string of the molecule is CCC(CCN)CCC(=O)Nc1ccc(C)c(O)c1C. The zero-order valence-electron chi connectivity index (χ0n) is 12.7. The molecule has 0 aromatic heterocycles. The molecule has 0 saturated heterocycles. The molecule has 0 fully saturated rings. The highest BCUT2D eigenvalue weighted by atomic mass is 16.3. The second kappa shape index (κ2) is 7.90. The lowest BCUT2D eigenvalue weighted by Crippen LogP contribution is -2.15. The van der Waals surface area contributed by atoms with E-state index in [0.29, 0.717) is 30.1 Å². The molecule has 4 heteroatoms. The van der Waals surface area contributed by atoms with Gasteiger partial charge in [-0.25, -0.2) is 0 Å². The van der Waals surface area contributed by atoms with E-state index in [1.54, 1.807) is 13.0 Å². The highest BCUT2D eigenvalue weighted by Crippen LogP contribution is 2.28. The predicted molar refractivity (Wildman–Crippen MR) is 82.9 cm³/mol. The van der Waals surface area contributed by atoms with Crippen molar-refractivity contribution in [1.29, 1.82) is 0 Å². The van der Waals surface area contributed by atoms with Crippen molar-refractivity contribution in [2.45, 2.75) is 46.5 Å². The molecule has 0 aliphatic heterocycles. The van der Waals surface area contributed by atoms with Crippen LogP contribution in [0.3, 0.4) is 0 Å². The molecule has 0 spiro atoms. The van der Waals surface area contributed by atoms with Crippen molar-refractivity contribution >= 4 is 11.6 Å². The fourth-order valence-electron chi connectivity index (χ4n) is 2.31. The number of nitrogens with two attached hydrogens (primary N) is 1. The standard InChI is InChI=1S/C16H26N2O2/c1-4-13(9-10-17)6-8-15(19)18-14-7-5-11(2)16(20)12(14)3/h5,7,13,20H,4,6,8-10,17H2,1-3H3,(H,18,19). The van der Waals surface area contributed by atoms with Crippen LogP contribution in [0, 0.1) is 19.8 Å². The van der Waals surface area contributed by atoms with Crippen molar-refractivity contribution in [3.05, 3.63) is 23.3 Å². The monoisotopic (exact) mass is 278 g/mol. The summed E-state index contributed by atoms with van der Waals surface area (Å²) in [6.45, 7) is 6.44. The molecule has 20 heavy (non-hydrogen) atoms. The summed E-state index contributed by atoms with van der Waals surface area (Å²) < 4.78 is 0.